The van der Waals surface area contributed by atoms with Crippen molar-refractivity contribution in [2.75, 3.05) is 5.32 Å². The molecule has 0 fully saturated rings. The van der Waals surface area contributed by atoms with E-state index in [0.717, 1.165) is 44.8 Å². The van der Waals surface area contributed by atoms with Crippen LogP contribution in [0, 0.1) is 0 Å². The number of para-hydroxylation sites is 2. The van der Waals surface area contributed by atoms with Crippen LogP contribution in [0.25, 0.3) is 27.9 Å². The van der Waals surface area contributed by atoms with E-state index in [1.54, 1.807) is 6.08 Å². The topological polar surface area (TPSA) is 62.2 Å². The van der Waals surface area contributed by atoms with E-state index < -0.39 is 5.97 Å². The maximum Gasteiger partial charge on any atom is 0.328 e. The van der Waals surface area contributed by atoms with Gasteiger partial charge in [-0.3, -0.25) is 0 Å². The van der Waals surface area contributed by atoms with Crippen LogP contribution in [0.2, 0.25) is 0 Å². The summed E-state index contributed by atoms with van der Waals surface area (Å²) in [5.74, 6) is -0.963. The zero-order valence-electron chi connectivity index (χ0n) is 13.9. The molecule has 0 atom stereocenters. The molecule has 1 heterocycles. The van der Waals surface area contributed by atoms with Gasteiger partial charge in [-0.05, 0) is 35.9 Å². The SMILES string of the molecule is O=C(O)/C=C/c1cccc(Nc2c3ccccc3nc3ccccc23)c1. The van der Waals surface area contributed by atoms with Gasteiger partial charge in [0.15, 0.2) is 0 Å². The smallest absolute Gasteiger partial charge is 0.328 e. The van der Waals surface area contributed by atoms with Crippen molar-refractivity contribution in [2.45, 2.75) is 0 Å². The van der Waals surface area contributed by atoms with Crippen molar-refractivity contribution in [3.63, 3.8) is 0 Å². The van der Waals surface area contributed by atoms with Crippen LogP contribution in [0.15, 0.2) is 78.9 Å². The fourth-order valence-corrected chi connectivity index (χ4v) is 3.01. The average molecular weight is 340 g/mol. The molecule has 4 aromatic rings. The van der Waals surface area contributed by atoms with Gasteiger partial charge in [-0.1, -0.05) is 48.5 Å². The Balaban J connectivity index is 1.84. The lowest BCUT2D eigenvalue weighted by Crippen LogP contribution is -1.95. The van der Waals surface area contributed by atoms with Crippen molar-refractivity contribution in [2.24, 2.45) is 0 Å². The molecule has 3 aromatic carbocycles. The maximum absolute atomic E-state index is 10.7. The molecule has 0 saturated heterocycles. The Morgan fingerprint density at radius 1 is 0.885 bits per heavy atom. The summed E-state index contributed by atoms with van der Waals surface area (Å²) in [6.07, 6.45) is 2.71. The third-order valence-corrected chi connectivity index (χ3v) is 4.16. The van der Waals surface area contributed by atoms with E-state index >= 15 is 0 Å². The Bertz CT molecular complexity index is 1100. The first-order valence-electron chi connectivity index (χ1n) is 8.26. The van der Waals surface area contributed by atoms with Gasteiger partial charge in [0.05, 0.1) is 16.7 Å². The van der Waals surface area contributed by atoms with Crippen LogP contribution in [-0.4, -0.2) is 16.1 Å². The molecule has 0 aliphatic heterocycles. The van der Waals surface area contributed by atoms with Crippen molar-refractivity contribution in [3.05, 3.63) is 84.4 Å². The second-order valence-electron chi connectivity index (χ2n) is 5.94. The van der Waals surface area contributed by atoms with Crippen LogP contribution in [0.4, 0.5) is 11.4 Å². The van der Waals surface area contributed by atoms with E-state index in [1.165, 1.54) is 0 Å². The minimum atomic E-state index is -0.963. The Kier molecular flexibility index (Phi) is 4.07. The molecule has 0 aliphatic carbocycles. The highest BCUT2D eigenvalue weighted by molar-refractivity contribution is 6.08. The summed E-state index contributed by atoms with van der Waals surface area (Å²) in [6.45, 7) is 0. The number of nitrogens with one attached hydrogen (secondary N) is 1. The molecule has 4 heteroatoms. The lowest BCUT2D eigenvalue weighted by atomic mass is 10.1. The molecule has 0 radical (unpaired) electrons. The third kappa shape index (κ3) is 3.13. The van der Waals surface area contributed by atoms with E-state index in [1.807, 2.05) is 72.8 Å². The zero-order chi connectivity index (χ0) is 17.9. The van der Waals surface area contributed by atoms with Gasteiger partial charge in [-0.2, -0.15) is 0 Å². The van der Waals surface area contributed by atoms with E-state index in [0.29, 0.717) is 0 Å². The molecular weight excluding hydrogens is 324 g/mol. The highest BCUT2D eigenvalue weighted by Gasteiger charge is 2.09. The number of fused-ring (bicyclic) bond motifs is 2. The first-order chi connectivity index (χ1) is 12.7. The summed E-state index contributed by atoms with van der Waals surface area (Å²) >= 11 is 0. The normalized spacial score (nSPS) is 11.2. The largest absolute Gasteiger partial charge is 0.478 e. The number of nitrogens with zero attached hydrogens (tertiary/aromatic N) is 1. The van der Waals surface area contributed by atoms with Gasteiger partial charge >= 0.3 is 5.97 Å². The molecule has 0 spiro atoms. The van der Waals surface area contributed by atoms with Crippen molar-refractivity contribution < 1.29 is 9.90 Å². The van der Waals surface area contributed by atoms with E-state index in [-0.39, 0.29) is 0 Å². The van der Waals surface area contributed by atoms with Crippen LogP contribution in [0.1, 0.15) is 5.56 Å². The minimum Gasteiger partial charge on any atom is -0.478 e. The number of aliphatic carboxylic acids is 1. The molecule has 0 aliphatic rings. The zero-order valence-corrected chi connectivity index (χ0v) is 13.9. The summed E-state index contributed by atoms with van der Waals surface area (Å²) in [6, 6.07) is 23.7. The molecule has 0 saturated carbocycles. The Morgan fingerprint density at radius 3 is 2.19 bits per heavy atom. The highest BCUT2D eigenvalue weighted by Crippen LogP contribution is 2.33. The predicted molar refractivity (Wildman–Crippen MR) is 106 cm³/mol. The standard InChI is InChI=1S/C22H16N2O2/c25-21(26)13-12-15-6-5-7-16(14-15)23-22-17-8-1-3-10-19(17)24-20-11-4-2-9-18(20)22/h1-14H,(H,23,24)(H,25,26)/b13-12+. The number of anilines is 2. The van der Waals surface area contributed by atoms with Crippen LogP contribution in [0.3, 0.4) is 0 Å². The van der Waals surface area contributed by atoms with Gasteiger partial charge in [0.25, 0.3) is 0 Å². The fraction of sp³-hybridized carbons (Fsp3) is 0. The molecular formula is C22H16N2O2. The van der Waals surface area contributed by atoms with Gasteiger partial charge < -0.3 is 10.4 Å². The maximum atomic E-state index is 10.7. The van der Waals surface area contributed by atoms with E-state index in [9.17, 15) is 4.79 Å². The number of rotatable bonds is 4. The quantitative estimate of drug-likeness (QED) is 0.394. The van der Waals surface area contributed by atoms with E-state index in [4.69, 9.17) is 10.1 Å². The summed E-state index contributed by atoms with van der Waals surface area (Å²) in [5.41, 5.74) is 4.55. The molecule has 0 unspecified atom stereocenters. The number of hydrogen-bond donors (Lipinski definition) is 2. The molecule has 26 heavy (non-hydrogen) atoms. The number of aromatic nitrogens is 1. The van der Waals surface area contributed by atoms with Crippen molar-refractivity contribution in [3.8, 4) is 0 Å². The molecule has 0 bridgehead atoms. The second kappa shape index (κ2) is 6.69. The van der Waals surface area contributed by atoms with Crippen LogP contribution < -0.4 is 5.32 Å². The van der Waals surface area contributed by atoms with Crippen LogP contribution >= 0.6 is 0 Å². The fourth-order valence-electron chi connectivity index (χ4n) is 3.01. The van der Waals surface area contributed by atoms with Crippen LogP contribution in [0.5, 0.6) is 0 Å². The lowest BCUT2D eigenvalue weighted by Gasteiger charge is -2.13. The highest BCUT2D eigenvalue weighted by atomic mass is 16.4. The van der Waals surface area contributed by atoms with Gasteiger partial charge in [-0.25, -0.2) is 9.78 Å². The Morgan fingerprint density at radius 2 is 1.54 bits per heavy atom. The molecule has 126 valence electrons. The average Bonchev–Trinajstić information content (AvgIpc) is 2.66. The number of hydrogen-bond acceptors (Lipinski definition) is 3. The van der Waals surface area contributed by atoms with Gasteiger partial charge in [0, 0.05) is 22.5 Å². The van der Waals surface area contributed by atoms with Gasteiger partial charge in [0.1, 0.15) is 0 Å². The molecule has 4 nitrogen and oxygen atoms in total. The Hall–Kier alpha value is -3.66. The van der Waals surface area contributed by atoms with E-state index in [2.05, 4.69) is 5.32 Å². The number of carboxylic acids is 1. The van der Waals surface area contributed by atoms with Crippen molar-refractivity contribution >= 4 is 45.2 Å². The minimum absolute atomic E-state index is 0.820. The number of pyridine rings is 1. The first-order valence-corrected chi connectivity index (χ1v) is 8.26. The molecule has 0 amide bonds. The molecule has 4 rings (SSSR count). The van der Waals surface area contributed by atoms with Crippen LogP contribution in [-0.2, 0) is 4.79 Å². The number of carboxylic acid groups (broad SMARTS) is 1. The lowest BCUT2D eigenvalue weighted by molar-refractivity contribution is -0.131. The number of carbonyl (C=O) groups is 1. The number of benzene rings is 3. The van der Waals surface area contributed by atoms with Gasteiger partial charge in [-0.15, -0.1) is 0 Å². The molecule has 1 aromatic heterocycles. The second-order valence-corrected chi connectivity index (χ2v) is 5.94. The summed E-state index contributed by atoms with van der Waals surface area (Å²) in [4.78, 5) is 15.5. The summed E-state index contributed by atoms with van der Waals surface area (Å²) < 4.78 is 0. The van der Waals surface area contributed by atoms with Crippen molar-refractivity contribution in [1.82, 2.24) is 4.98 Å². The summed E-state index contributed by atoms with van der Waals surface area (Å²) in [5, 5.41) is 14.4. The Labute approximate surface area is 150 Å². The predicted octanol–water partition coefficient (Wildman–Crippen LogP) is 5.23. The third-order valence-electron chi connectivity index (χ3n) is 4.16. The first kappa shape index (κ1) is 15.8. The molecule has 2 N–H and O–H groups in total. The summed E-state index contributed by atoms with van der Waals surface area (Å²) in [7, 11) is 0. The van der Waals surface area contributed by atoms with Crippen molar-refractivity contribution in [1.29, 1.82) is 0 Å². The van der Waals surface area contributed by atoms with Gasteiger partial charge in [0.2, 0.25) is 0 Å². The monoisotopic (exact) mass is 340 g/mol.